The van der Waals surface area contributed by atoms with Gasteiger partial charge < -0.3 is 25.6 Å². The maximum atomic E-state index is 15.4. The number of carbonyl (C=O) groups excluding carboxylic acids is 2. The van der Waals surface area contributed by atoms with Gasteiger partial charge in [-0.05, 0) is 84.3 Å². The van der Waals surface area contributed by atoms with Crippen LogP contribution in [0.25, 0.3) is 0 Å². The van der Waals surface area contributed by atoms with E-state index >= 15 is 4.79 Å². The highest BCUT2D eigenvalue weighted by Gasteiger charge is 2.66. The topological polar surface area (TPSA) is 145 Å². The number of nitrogens with two attached hydrogens (primary N) is 1. The molecule has 3 heterocycles. The summed E-state index contributed by atoms with van der Waals surface area (Å²) in [6.45, 7) is 7.24. The lowest BCUT2D eigenvalue weighted by Gasteiger charge is -2.37. The summed E-state index contributed by atoms with van der Waals surface area (Å²) >= 11 is 0. The zero-order valence-corrected chi connectivity index (χ0v) is 34.1. The maximum absolute atomic E-state index is 15.4. The van der Waals surface area contributed by atoms with E-state index in [9.17, 15) is 9.90 Å². The summed E-state index contributed by atoms with van der Waals surface area (Å²) < 4.78 is 14.7. The van der Waals surface area contributed by atoms with Crippen molar-refractivity contribution in [1.82, 2.24) is 15.0 Å². The molecule has 1 aromatic heterocycles. The maximum Gasteiger partial charge on any atom is 0.268 e. The van der Waals surface area contributed by atoms with Crippen molar-refractivity contribution in [2.45, 2.75) is 56.1 Å². The van der Waals surface area contributed by atoms with Gasteiger partial charge in [0.2, 0.25) is 0 Å². The molecule has 2 aliphatic rings. The first kappa shape index (κ1) is 38.8. The van der Waals surface area contributed by atoms with Crippen molar-refractivity contribution in [2.24, 2.45) is 5.92 Å². The number of nitrogens with one attached hydrogen (secondary N) is 1. The molecule has 2 aliphatic heterocycles. The number of fused-ring (bicyclic) bond motifs is 2. The van der Waals surface area contributed by atoms with Crippen LogP contribution in [0, 0.1) is 5.92 Å². The van der Waals surface area contributed by atoms with Crippen LogP contribution in [0.2, 0.25) is 18.6 Å². The number of aliphatic hydroxyl groups excluding tert-OH is 1. The Bertz CT molecular complexity index is 2410. The molecule has 0 radical (unpaired) electrons. The van der Waals surface area contributed by atoms with Gasteiger partial charge in [-0.25, -0.2) is 0 Å². The largest absolute Gasteiger partial charge is 0.497 e. The van der Waals surface area contributed by atoms with Crippen molar-refractivity contribution in [3.63, 3.8) is 0 Å². The molecule has 0 aliphatic carbocycles. The predicted octanol–water partition coefficient (Wildman–Crippen LogP) is 7.23. The smallest absolute Gasteiger partial charge is 0.268 e. The van der Waals surface area contributed by atoms with E-state index in [1.54, 1.807) is 36.3 Å². The van der Waals surface area contributed by atoms with Gasteiger partial charge in [-0.15, -0.1) is 5.10 Å². The molecule has 0 saturated carbocycles. The van der Waals surface area contributed by atoms with Gasteiger partial charge in [-0.3, -0.25) is 19.2 Å². The number of nitrogen functional groups attached to an aromatic ring is 1. The lowest BCUT2D eigenvalue weighted by atomic mass is 9.82. The van der Waals surface area contributed by atoms with Gasteiger partial charge in [0.1, 0.15) is 5.75 Å². The van der Waals surface area contributed by atoms with Crippen LogP contribution in [0.5, 0.6) is 5.75 Å². The fourth-order valence-corrected chi connectivity index (χ4v) is 13.2. The molecule has 12 heteroatoms. The first-order chi connectivity index (χ1) is 28.0. The number of benzene rings is 5. The van der Waals surface area contributed by atoms with Crippen molar-refractivity contribution in [3.8, 4) is 5.75 Å². The summed E-state index contributed by atoms with van der Waals surface area (Å²) in [6, 6.07) is 40.1. The molecule has 296 valence electrons. The van der Waals surface area contributed by atoms with Gasteiger partial charge in [-0.2, -0.15) is 0 Å². The second-order valence-electron chi connectivity index (χ2n) is 15.8. The van der Waals surface area contributed by atoms with Crippen LogP contribution >= 0.6 is 0 Å². The van der Waals surface area contributed by atoms with Gasteiger partial charge in [0, 0.05) is 46.8 Å². The Kier molecular flexibility index (Phi) is 10.5. The molecular weight excluding hydrogens is 745 g/mol. The lowest BCUT2D eigenvalue weighted by Crippen LogP contribution is -2.51. The van der Waals surface area contributed by atoms with E-state index in [1.807, 2.05) is 102 Å². The molecule has 0 bridgehead atoms. The SMILES string of the molecule is COc1ccc([Si](C)(C)[C@@H]2[C@@H](CCn3cc(C(CO)c4ccccc4)nn3)O[C@]3(C(=O)N(c4ccccc4)c4ccc(NC(=O)c5ccc(N)cc5)cc43)[C@H]2C)cc1. The highest BCUT2D eigenvalue weighted by atomic mass is 28.3. The summed E-state index contributed by atoms with van der Waals surface area (Å²) in [5.74, 6) is -0.242. The molecule has 1 spiro atoms. The molecule has 5 aromatic carbocycles. The molecule has 2 amide bonds. The van der Waals surface area contributed by atoms with E-state index < -0.39 is 13.7 Å². The average Bonchev–Trinajstić information content (AvgIpc) is 3.91. The quantitative estimate of drug-likeness (QED) is 0.0870. The third-order valence-corrected chi connectivity index (χ3v) is 16.5. The molecule has 5 atom stereocenters. The highest BCUT2D eigenvalue weighted by Crippen LogP contribution is 2.61. The summed E-state index contributed by atoms with van der Waals surface area (Å²) in [5.41, 5.74) is 9.90. The molecule has 1 saturated heterocycles. The molecule has 1 fully saturated rings. The fourth-order valence-electron chi connectivity index (χ4n) is 9.15. The summed E-state index contributed by atoms with van der Waals surface area (Å²) in [6.07, 6.45) is 2.10. The van der Waals surface area contributed by atoms with Crippen LogP contribution in [0.1, 0.15) is 46.4 Å². The number of aryl methyl sites for hydroxylation is 1. The lowest BCUT2D eigenvalue weighted by molar-refractivity contribution is -0.145. The summed E-state index contributed by atoms with van der Waals surface area (Å²) in [7, 11) is -0.790. The first-order valence-electron chi connectivity index (χ1n) is 19.6. The van der Waals surface area contributed by atoms with Crippen molar-refractivity contribution in [1.29, 1.82) is 0 Å². The van der Waals surface area contributed by atoms with Crippen LogP contribution in [0.4, 0.5) is 22.7 Å². The highest BCUT2D eigenvalue weighted by molar-refractivity contribution is 6.91. The third-order valence-electron chi connectivity index (χ3n) is 12.1. The zero-order chi connectivity index (χ0) is 40.6. The van der Waals surface area contributed by atoms with Crippen LogP contribution in [0.15, 0.2) is 134 Å². The standard InChI is InChI=1S/C46H48N6O5Si/c1-30-43(58(3,4)37-22-20-36(56-2)21-23-37)42(25-26-51-28-40(49-50-51)38(29-53)31-11-7-5-8-12-31)57-46(30)39-27-34(48-44(54)32-15-17-33(47)18-16-32)19-24-41(39)52(45(46)55)35-13-9-6-10-14-35/h5-24,27-28,30,38,42-43,53H,25-26,29,47H2,1-4H3,(H,48,54)/t30-,38?,42+,43-,46+/m0/s1. The molecule has 1 unspecified atom stereocenters. The number of para-hydroxylation sites is 1. The van der Waals surface area contributed by atoms with E-state index in [-0.39, 0.29) is 41.9 Å². The molecule has 4 N–H and O–H groups in total. The van der Waals surface area contributed by atoms with E-state index in [2.05, 4.69) is 47.8 Å². The minimum atomic E-state index is -2.45. The third kappa shape index (κ3) is 6.86. The Morgan fingerprint density at radius 3 is 2.33 bits per heavy atom. The second kappa shape index (κ2) is 15.7. The number of anilines is 4. The van der Waals surface area contributed by atoms with Crippen molar-refractivity contribution in [3.05, 3.63) is 156 Å². The molecular formula is C46H48N6O5Si. The number of rotatable bonds is 12. The van der Waals surface area contributed by atoms with Crippen LogP contribution in [0.3, 0.4) is 0 Å². The molecule has 58 heavy (non-hydrogen) atoms. The van der Waals surface area contributed by atoms with Crippen molar-refractivity contribution in [2.75, 3.05) is 29.7 Å². The van der Waals surface area contributed by atoms with Crippen molar-refractivity contribution >= 4 is 47.8 Å². The summed E-state index contributed by atoms with van der Waals surface area (Å²) in [5, 5.41) is 23.6. The molecule has 11 nitrogen and oxygen atoms in total. The van der Waals surface area contributed by atoms with E-state index in [4.69, 9.17) is 15.2 Å². The normalized spacial score (nSPS) is 20.6. The van der Waals surface area contributed by atoms with Crippen molar-refractivity contribution < 1.29 is 24.2 Å². The van der Waals surface area contributed by atoms with Crippen LogP contribution in [-0.2, 0) is 21.7 Å². The fraction of sp³-hybridized carbons (Fsp3) is 0.261. The van der Waals surface area contributed by atoms with E-state index in [1.165, 1.54) is 5.19 Å². The number of nitrogens with zero attached hydrogens (tertiary/aromatic N) is 4. The number of hydrogen-bond donors (Lipinski definition) is 3. The summed E-state index contributed by atoms with van der Waals surface area (Å²) in [4.78, 5) is 30.6. The number of aromatic nitrogens is 3. The van der Waals surface area contributed by atoms with E-state index in [0.29, 0.717) is 46.8 Å². The number of ether oxygens (including phenoxy) is 2. The van der Waals surface area contributed by atoms with Gasteiger partial charge in [0.05, 0.1) is 45.2 Å². The predicted molar refractivity (Wildman–Crippen MR) is 228 cm³/mol. The number of carbonyl (C=O) groups is 2. The van der Waals surface area contributed by atoms with Crippen LogP contribution < -0.4 is 25.9 Å². The Labute approximate surface area is 339 Å². The number of methoxy groups -OCH3 is 1. The van der Waals surface area contributed by atoms with Gasteiger partial charge >= 0.3 is 0 Å². The van der Waals surface area contributed by atoms with Gasteiger partial charge in [0.15, 0.2) is 5.60 Å². The monoisotopic (exact) mass is 792 g/mol. The van der Waals surface area contributed by atoms with E-state index in [0.717, 1.165) is 17.0 Å². The second-order valence-corrected chi connectivity index (χ2v) is 20.5. The Morgan fingerprint density at radius 1 is 0.966 bits per heavy atom. The Balaban J connectivity index is 1.19. The number of aliphatic hydroxyl groups is 1. The van der Waals surface area contributed by atoms with Gasteiger partial charge in [-0.1, -0.05) is 91.1 Å². The first-order valence-corrected chi connectivity index (χ1v) is 22.7. The Morgan fingerprint density at radius 2 is 1.66 bits per heavy atom. The minimum absolute atomic E-state index is 0.0288. The Hall–Kier alpha value is -6.08. The minimum Gasteiger partial charge on any atom is -0.497 e. The van der Waals surface area contributed by atoms with Gasteiger partial charge in [0.25, 0.3) is 11.8 Å². The number of amides is 2. The van der Waals surface area contributed by atoms with Crippen LogP contribution in [-0.4, -0.2) is 59.8 Å². The zero-order valence-electron chi connectivity index (χ0n) is 33.1. The average molecular weight is 793 g/mol. The number of hydrogen-bond acceptors (Lipinski definition) is 8. The molecule has 8 rings (SSSR count). The molecule has 6 aromatic rings.